The number of carboxylic acids is 1. The van der Waals surface area contributed by atoms with E-state index in [1.807, 2.05) is 0 Å². The first-order valence-electron chi connectivity index (χ1n) is 6.43. The Morgan fingerprint density at radius 3 is 2.71 bits per heavy atom. The number of benzene rings is 1. The lowest BCUT2D eigenvalue weighted by Crippen LogP contribution is -2.40. The standard InChI is InChI=1S/C13H16BrNO5S/c1-20-11-4-2-3-10(11)15-21(18,19)12-6-5-8(13(16)17)7-9(12)14/h5-7,10-11,15H,2-4H2,1H3,(H,16,17). The number of hydrogen-bond donors (Lipinski definition) is 2. The Bertz CT molecular complexity index is 646. The molecule has 8 heteroatoms. The van der Waals surface area contributed by atoms with Crippen LogP contribution in [0.15, 0.2) is 27.6 Å². The molecule has 2 N–H and O–H groups in total. The van der Waals surface area contributed by atoms with Gasteiger partial charge in [0, 0.05) is 17.6 Å². The zero-order valence-corrected chi connectivity index (χ0v) is 13.8. The normalized spacial score (nSPS) is 22.4. The molecule has 6 nitrogen and oxygen atoms in total. The van der Waals surface area contributed by atoms with Crippen LogP contribution in [-0.2, 0) is 14.8 Å². The van der Waals surface area contributed by atoms with Crippen molar-refractivity contribution in [2.75, 3.05) is 7.11 Å². The molecule has 0 bridgehead atoms. The summed E-state index contributed by atoms with van der Waals surface area (Å²) in [4.78, 5) is 10.9. The van der Waals surface area contributed by atoms with Crippen LogP contribution in [0.5, 0.6) is 0 Å². The van der Waals surface area contributed by atoms with Crippen LogP contribution in [0.25, 0.3) is 0 Å². The molecule has 0 amide bonds. The molecule has 0 heterocycles. The van der Waals surface area contributed by atoms with Gasteiger partial charge in [-0.15, -0.1) is 0 Å². The first kappa shape index (κ1) is 16.4. The summed E-state index contributed by atoms with van der Waals surface area (Å²) in [5, 5.41) is 8.90. The van der Waals surface area contributed by atoms with E-state index in [9.17, 15) is 13.2 Å². The summed E-state index contributed by atoms with van der Waals surface area (Å²) < 4.78 is 32.9. The number of aromatic carboxylic acids is 1. The average molecular weight is 378 g/mol. The maximum atomic E-state index is 12.4. The first-order chi connectivity index (χ1) is 9.85. The van der Waals surface area contributed by atoms with Gasteiger partial charge in [0.1, 0.15) is 0 Å². The summed E-state index contributed by atoms with van der Waals surface area (Å²) in [5.41, 5.74) is 0.0245. The van der Waals surface area contributed by atoms with Crippen LogP contribution in [-0.4, -0.2) is 38.7 Å². The third-order valence-electron chi connectivity index (χ3n) is 3.53. The van der Waals surface area contributed by atoms with Gasteiger partial charge in [-0.25, -0.2) is 17.9 Å². The van der Waals surface area contributed by atoms with E-state index < -0.39 is 16.0 Å². The van der Waals surface area contributed by atoms with E-state index in [-0.39, 0.29) is 27.1 Å². The second-order valence-electron chi connectivity index (χ2n) is 4.88. The second kappa shape index (κ2) is 6.43. The van der Waals surface area contributed by atoms with Gasteiger partial charge in [0.05, 0.1) is 16.6 Å². The van der Waals surface area contributed by atoms with Crippen LogP contribution in [0.3, 0.4) is 0 Å². The molecule has 1 fully saturated rings. The van der Waals surface area contributed by atoms with Crippen molar-refractivity contribution in [1.29, 1.82) is 0 Å². The molecule has 0 aromatic heterocycles. The van der Waals surface area contributed by atoms with Crippen LogP contribution in [0, 0.1) is 0 Å². The molecule has 2 unspecified atom stereocenters. The van der Waals surface area contributed by atoms with Gasteiger partial charge in [-0.2, -0.15) is 0 Å². The average Bonchev–Trinajstić information content (AvgIpc) is 2.84. The Balaban J connectivity index is 2.25. The maximum absolute atomic E-state index is 12.4. The Hall–Kier alpha value is -0.960. The van der Waals surface area contributed by atoms with Crippen molar-refractivity contribution >= 4 is 31.9 Å². The van der Waals surface area contributed by atoms with Crippen molar-refractivity contribution < 1.29 is 23.1 Å². The molecule has 0 saturated heterocycles. The van der Waals surface area contributed by atoms with Gasteiger partial charge in [0.25, 0.3) is 0 Å². The summed E-state index contributed by atoms with van der Waals surface area (Å²) in [7, 11) is -2.17. The van der Waals surface area contributed by atoms with E-state index in [0.717, 1.165) is 19.3 Å². The van der Waals surface area contributed by atoms with Crippen LogP contribution in [0.1, 0.15) is 29.6 Å². The molecule has 1 aromatic carbocycles. The van der Waals surface area contributed by atoms with E-state index in [1.54, 1.807) is 7.11 Å². The molecule has 1 aliphatic rings. The van der Waals surface area contributed by atoms with Gasteiger partial charge in [0.2, 0.25) is 10.0 Å². The van der Waals surface area contributed by atoms with Gasteiger partial charge >= 0.3 is 5.97 Å². The van der Waals surface area contributed by atoms with Crippen molar-refractivity contribution in [3.63, 3.8) is 0 Å². The summed E-state index contributed by atoms with van der Waals surface area (Å²) >= 11 is 3.12. The molecule has 0 spiro atoms. The first-order valence-corrected chi connectivity index (χ1v) is 8.70. The number of carbonyl (C=O) groups is 1. The number of hydrogen-bond acceptors (Lipinski definition) is 4. The summed E-state index contributed by atoms with van der Waals surface area (Å²) in [6.07, 6.45) is 2.33. The van der Waals surface area contributed by atoms with E-state index >= 15 is 0 Å². The zero-order chi connectivity index (χ0) is 15.6. The predicted molar refractivity (Wildman–Crippen MR) is 79.9 cm³/mol. The molecule has 2 atom stereocenters. The van der Waals surface area contributed by atoms with Crippen molar-refractivity contribution in [2.24, 2.45) is 0 Å². The monoisotopic (exact) mass is 377 g/mol. The molecule has 1 saturated carbocycles. The van der Waals surface area contributed by atoms with E-state index in [0.29, 0.717) is 0 Å². The fourth-order valence-electron chi connectivity index (χ4n) is 2.46. The van der Waals surface area contributed by atoms with Gasteiger partial charge < -0.3 is 9.84 Å². The SMILES string of the molecule is COC1CCCC1NS(=O)(=O)c1ccc(C(=O)O)cc1Br. The fourth-order valence-corrected chi connectivity index (χ4v) is 4.83. The number of rotatable bonds is 5. The highest BCUT2D eigenvalue weighted by Crippen LogP contribution is 2.27. The second-order valence-corrected chi connectivity index (χ2v) is 7.42. The van der Waals surface area contributed by atoms with Crippen LogP contribution in [0.2, 0.25) is 0 Å². The summed E-state index contributed by atoms with van der Waals surface area (Å²) in [6.45, 7) is 0. The van der Waals surface area contributed by atoms with Gasteiger partial charge in [-0.3, -0.25) is 0 Å². The lowest BCUT2D eigenvalue weighted by molar-refractivity contribution is 0.0696. The minimum atomic E-state index is -3.73. The fraction of sp³-hybridized carbons (Fsp3) is 0.462. The number of halogens is 1. The number of carboxylic acid groups (broad SMARTS) is 1. The highest BCUT2D eigenvalue weighted by atomic mass is 79.9. The molecular weight excluding hydrogens is 362 g/mol. The minimum absolute atomic E-state index is 0.0225. The molecule has 1 aliphatic carbocycles. The van der Waals surface area contributed by atoms with Crippen LogP contribution >= 0.6 is 15.9 Å². The quantitative estimate of drug-likeness (QED) is 0.818. The van der Waals surface area contributed by atoms with Crippen molar-refractivity contribution in [3.8, 4) is 0 Å². The molecule has 0 aliphatic heterocycles. The van der Waals surface area contributed by atoms with E-state index in [1.165, 1.54) is 18.2 Å². The van der Waals surface area contributed by atoms with Crippen molar-refractivity contribution in [2.45, 2.75) is 36.3 Å². The lowest BCUT2D eigenvalue weighted by Gasteiger charge is -2.20. The Kier molecular flexibility index (Phi) is 5.03. The number of nitrogens with one attached hydrogen (secondary N) is 1. The van der Waals surface area contributed by atoms with E-state index in [2.05, 4.69) is 20.7 Å². The molecule has 0 radical (unpaired) electrons. The zero-order valence-electron chi connectivity index (χ0n) is 11.4. The third kappa shape index (κ3) is 3.63. The highest BCUT2D eigenvalue weighted by molar-refractivity contribution is 9.10. The van der Waals surface area contributed by atoms with Crippen LogP contribution in [0.4, 0.5) is 0 Å². The Labute approximate surface area is 131 Å². The van der Waals surface area contributed by atoms with Gasteiger partial charge in [-0.05, 0) is 53.4 Å². The lowest BCUT2D eigenvalue weighted by atomic mass is 10.2. The third-order valence-corrected chi connectivity index (χ3v) is 6.00. The van der Waals surface area contributed by atoms with E-state index in [4.69, 9.17) is 9.84 Å². The number of ether oxygens (including phenoxy) is 1. The maximum Gasteiger partial charge on any atom is 0.335 e. The molecule has 1 aromatic rings. The van der Waals surface area contributed by atoms with Crippen molar-refractivity contribution in [1.82, 2.24) is 4.72 Å². The highest BCUT2D eigenvalue weighted by Gasteiger charge is 2.32. The van der Waals surface area contributed by atoms with Gasteiger partial charge in [0.15, 0.2) is 0 Å². The summed E-state index contributed by atoms with van der Waals surface area (Å²) in [6, 6.07) is 3.57. The molecular formula is C13H16BrNO5S. The molecule has 116 valence electrons. The number of sulfonamides is 1. The van der Waals surface area contributed by atoms with Gasteiger partial charge in [-0.1, -0.05) is 0 Å². The Morgan fingerprint density at radius 1 is 1.43 bits per heavy atom. The topological polar surface area (TPSA) is 92.7 Å². The summed E-state index contributed by atoms with van der Waals surface area (Å²) in [5.74, 6) is -1.11. The predicted octanol–water partition coefficient (Wildman–Crippen LogP) is 1.99. The number of methoxy groups -OCH3 is 1. The largest absolute Gasteiger partial charge is 0.478 e. The van der Waals surface area contributed by atoms with Crippen molar-refractivity contribution in [3.05, 3.63) is 28.2 Å². The molecule has 21 heavy (non-hydrogen) atoms. The smallest absolute Gasteiger partial charge is 0.335 e. The molecule has 2 rings (SSSR count). The minimum Gasteiger partial charge on any atom is -0.478 e. The Morgan fingerprint density at radius 2 is 2.14 bits per heavy atom. The van der Waals surface area contributed by atoms with Crippen LogP contribution < -0.4 is 4.72 Å².